The molecule has 0 N–H and O–H groups in total. The first-order chi connectivity index (χ1) is 13.8. The van der Waals surface area contributed by atoms with Crippen molar-refractivity contribution in [1.82, 2.24) is 24.7 Å². The van der Waals surface area contributed by atoms with Crippen LogP contribution in [0.2, 0.25) is 0 Å². The number of aromatic nitrogens is 5. The molecule has 3 aromatic rings. The summed E-state index contributed by atoms with van der Waals surface area (Å²) < 4.78 is 1.73. The third kappa shape index (κ3) is 2.95. The Bertz CT molecular complexity index is 1030. The van der Waals surface area contributed by atoms with Gasteiger partial charge in [0, 0.05) is 50.3 Å². The minimum Gasteiger partial charge on any atom is -0.353 e. The number of piperazine rings is 1. The van der Waals surface area contributed by atoms with Crippen molar-refractivity contribution in [2.24, 2.45) is 0 Å². The molecular weight excluding hydrogens is 352 g/mol. The Kier molecular flexibility index (Phi) is 4.13. The van der Waals surface area contributed by atoms with Crippen molar-refractivity contribution in [3.05, 3.63) is 53.7 Å². The van der Waals surface area contributed by atoms with Gasteiger partial charge < -0.3 is 9.80 Å². The van der Waals surface area contributed by atoms with Gasteiger partial charge in [0.2, 0.25) is 0 Å². The lowest BCUT2D eigenvalue weighted by atomic mass is 10.1. The van der Waals surface area contributed by atoms with E-state index in [0.29, 0.717) is 5.56 Å². The van der Waals surface area contributed by atoms with Gasteiger partial charge in [0.05, 0.1) is 5.56 Å². The Morgan fingerprint density at radius 1 is 0.964 bits per heavy atom. The number of pyridine rings is 1. The van der Waals surface area contributed by atoms with Crippen LogP contribution in [0.1, 0.15) is 23.2 Å². The summed E-state index contributed by atoms with van der Waals surface area (Å²) in [6, 6.07) is 8.21. The summed E-state index contributed by atoms with van der Waals surface area (Å²) in [5, 5.41) is 13.8. The number of fused-ring (bicyclic) bond motifs is 1. The molecular formula is C20H20N8. The molecule has 8 nitrogen and oxygen atoms in total. The summed E-state index contributed by atoms with van der Waals surface area (Å²) in [7, 11) is 0. The second-order valence-electron chi connectivity index (χ2n) is 7.09. The summed E-state index contributed by atoms with van der Waals surface area (Å²) >= 11 is 0. The highest BCUT2D eigenvalue weighted by molar-refractivity contribution is 5.58. The Hall–Kier alpha value is -3.47. The molecule has 4 heterocycles. The molecule has 0 aromatic carbocycles. The van der Waals surface area contributed by atoms with Crippen molar-refractivity contribution in [3.8, 4) is 11.9 Å². The van der Waals surface area contributed by atoms with Crippen molar-refractivity contribution in [2.45, 2.75) is 19.3 Å². The third-order valence-electron chi connectivity index (χ3n) is 5.43. The Morgan fingerprint density at radius 2 is 1.79 bits per heavy atom. The van der Waals surface area contributed by atoms with E-state index in [1.54, 1.807) is 17.2 Å². The summed E-state index contributed by atoms with van der Waals surface area (Å²) in [6.07, 6.45) is 8.37. The van der Waals surface area contributed by atoms with E-state index in [4.69, 9.17) is 4.98 Å². The highest BCUT2D eigenvalue weighted by Crippen LogP contribution is 2.28. The molecule has 0 radical (unpaired) electrons. The average Bonchev–Trinajstić information content (AvgIpc) is 3.44. The zero-order chi connectivity index (χ0) is 18.9. The first kappa shape index (κ1) is 16.7. The molecule has 0 saturated carbocycles. The molecule has 0 unspecified atom stereocenters. The van der Waals surface area contributed by atoms with Crippen molar-refractivity contribution in [2.75, 3.05) is 36.0 Å². The largest absolute Gasteiger partial charge is 0.353 e. The quantitative estimate of drug-likeness (QED) is 0.692. The van der Waals surface area contributed by atoms with E-state index < -0.39 is 0 Å². The lowest BCUT2D eigenvalue weighted by Crippen LogP contribution is -2.47. The number of aryl methyl sites for hydroxylation is 2. The maximum Gasteiger partial charge on any atom is 0.158 e. The van der Waals surface area contributed by atoms with Gasteiger partial charge in [-0.2, -0.15) is 10.4 Å². The van der Waals surface area contributed by atoms with Crippen LogP contribution in [-0.4, -0.2) is 50.9 Å². The lowest BCUT2D eigenvalue weighted by Gasteiger charge is -2.36. The van der Waals surface area contributed by atoms with Gasteiger partial charge in [-0.05, 0) is 37.0 Å². The number of rotatable bonds is 3. The number of hydrogen-bond donors (Lipinski definition) is 0. The van der Waals surface area contributed by atoms with Gasteiger partial charge in [-0.3, -0.25) is 0 Å². The van der Waals surface area contributed by atoms with E-state index in [1.165, 1.54) is 5.56 Å². The predicted octanol–water partition coefficient (Wildman–Crippen LogP) is 1.74. The van der Waals surface area contributed by atoms with E-state index in [9.17, 15) is 5.26 Å². The molecule has 8 heteroatoms. The van der Waals surface area contributed by atoms with E-state index in [-0.39, 0.29) is 0 Å². The van der Waals surface area contributed by atoms with Crippen LogP contribution in [0.4, 0.5) is 11.6 Å². The highest BCUT2D eigenvalue weighted by Gasteiger charge is 2.24. The second-order valence-corrected chi connectivity index (χ2v) is 7.09. The SMILES string of the molecule is N#Cc1cc2c(nc1N1CCN(c3cc(-n4cccn4)ncn3)CC1)CCC2. The van der Waals surface area contributed by atoms with Crippen LogP contribution >= 0.6 is 0 Å². The monoisotopic (exact) mass is 372 g/mol. The van der Waals surface area contributed by atoms with E-state index in [1.807, 2.05) is 24.4 Å². The summed E-state index contributed by atoms with van der Waals surface area (Å²) in [5.74, 6) is 2.48. The predicted molar refractivity (Wildman–Crippen MR) is 105 cm³/mol. The maximum atomic E-state index is 9.58. The number of anilines is 2. The van der Waals surface area contributed by atoms with Crippen LogP contribution in [-0.2, 0) is 12.8 Å². The fraction of sp³-hybridized carbons (Fsp3) is 0.350. The molecule has 1 aliphatic carbocycles. The summed E-state index contributed by atoms with van der Waals surface area (Å²) in [4.78, 5) is 18.0. The summed E-state index contributed by atoms with van der Waals surface area (Å²) in [6.45, 7) is 3.25. The topological polar surface area (TPSA) is 86.8 Å². The third-order valence-corrected chi connectivity index (χ3v) is 5.43. The van der Waals surface area contributed by atoms with Gasteiger partial charge in [0.1, 0.15) is 24.0 Å². The van der Waals surface area contributed by atoms with Gasteiger partial charge in [-0.15, -0.1) is 0 Å². The van der Waals surface area contributed by atoms with Gasteiger partial charge >= 0.3 is 0 Å². The van der Waals surface area contributed by atoms with Crippen LogP contribution in [0.15, 0.2) is 36.9 Å². The second kappa shape index (κ2) is 6.93. The molecule has 0 bridgehead atoms. The van der Waals surface area contributed by atoms with Gasteiger partial charge in [0.25, 0.3) is 0 Å². The van der Waals surface area contributed by atoms with Crippen molar-refractivity contribution in [1.29, 1.82) is 5.26 Å². The van der Waals surface area contributed by atoms with Crippen molar-refractivity contribution >= 4 is 11.6 Å². The van der Waals surface area contributed by atoms with E-state index in [0.717, 1.165) is 68.6 Å². The summed E-state index contributed by atoms with van der Waals surface area (Å²) in [5.41, 5.74) is 3.10. The molecule has 2 aliphatic rings. The smallest absolute Gasteiger partial charge is 0.158 e. The van der Waals surface area contributed by atoms with Crippen LogP contribution in [0.5, 0.6) is 0 Å². The zero-order valence-corrected chi connectivity index (χ0v) is 15.5. The first-order valence-electron chi connectivity index (χ1n) is 9.57. The standard InChI is InChI=1S/C20H20N8/c21-13-16-11-15-3-1-4-17(15)25-20(16)27-9-7-26(8-10-27)18-12-19(23-14-22-18)28-6-2-5-24-28/h2,5-6,11-12,14H,1,3-4,7-10H2. The van der Waals surface area contributed by atoms with Crippen LogP contribution in [0, 0.1) is 11.3 Å². The fourth-order valence-corrected chi connectivity index (χ4v) is 3.97. The molecule has 1 saturated heterocycles. The zero-order valence-electron chi connectivity index (χ0n) is 15.5. The Morgan fingerprint density at radius 3 is 2.57 bits per heavy atom. The Balaban J connectivity index is 1.34. The minimum atomic E-state index is 0.692. The number of nitrogens with zero attached hydrogens (tertiary/aromatic N) is 8. The molecule has 5 rings (SSSR count). The molecule has 140 valence electrons. The molecule has 1 aliphatic heterocycles. The molecule has 3 aromatic heterocycles. The molecule has 28 heavy (non-hydrogen) atoms. The average molecular weight is 372 g/mol. The van der Waals surface area contributed by atoms with Crippen LogP contribution < -0.4 is 9.80 Å². The van der Waals surface area contributed by atoms with Crippen LogP contribution in [0.3, 0.4) is 0 Å². The van der Waals surface area contributed by atoms with Gasteiger partial charge in [-0.1, -0.05) is 0 Å². The van der Waals surface area contributed by atoms with Crippen molar-refractivity contribution < 1.29 is 0 Å². The Labute approximate surface area is 163 Å². The minimum absolute atomic E-state index is 0.692. The van der Waals surface area contributed by atoms with Crippen LogP contribution in [0.25, 0.3) is 5.82 Å². The van der Waals surface area contributed by atoms with E-state index >= 15 is 0 Å². The fourth-order valence-electron chi connectivity index (χ4n) is 3.97. The normalized spacial score (nSPS) is 16.1. The highest BCUT2D eigenvalue weighted by atomic mass is 15.3. The molecule has 0 spiro atoms. The van der Waals surface area contributed by atoms with E-state index in [2.05, 4.69) is 30.9 Å². The maximum absolute atomic E-state index is 9.58. The first-order valence-corrected chi connectivity index (χ1v) is 9.57. The number of hydrogen-bond acceptors (Lipinski definition) is 7. The molecule has 0 amide bonds. The number of nitriles is 1. The van der Waals surface area contributed by atoms with Gasteiger partial charge in [0.15, 0.2) is 5.82 Å². The molecule has 0 atom stereocenters. The lowest BCUT2D eigenvalue weighted by molar-refractivity contribution is 0.638. The van der Waals surface area contributed by atoms with Crippen molar-refractivity contribution in [3.63, 3.8) is 0 Å². The van der Waals surface area contributed by atoms with Gasteiger partial charge in [-0.25, -0.2) is 19.6 Å². The molecule has 1 fully saturated rings.